The minimum absolute atomic E-state index is 0.0511. The first kappa shape index (κ1) is 26.8. The molecule has 4 aromatic rings. The molecule has 0 saturated carbocycles. The van der Waals surface area contributed by atoms with Crippen LogP contribution in [0.15, 0.2) is 97.1 Å². The van der Waals surface area contributed by atoms with Crippen LogP contribution in [0.5, 0.6) is 5.75 Å². The zero-order chi connectivity index (χ0) is 27.7. The fraction of sp³-hybridized carbons (Fsp3) is 0.167. The number of aliphatic hydroxyl groups excluding tert-OH is 1. The molecule has 7 nitrogen and oxygen atoms in total. The minimum Gasteiger partial charge on any atom is -0.508 e. The maximum atomic E-state index is 13.6. The molecule has 1 aliphatic heterocycles. The lowest BCUT2D eigenvalue weighted by atomic mass is 9.77. The monoisotopic (exact) mass is 547 g/mol. The van der Waals surface area contributed by atoms with Crippen molar-refractivity contribution in [3.8, 4) is 16.9 Å². The summed E-state index contributed by atoms with van der Waals surface area (Å²) in [5.74, 6) is -1.16. The highest BCUT2D eigenvalue weighted by molar-refractivity contribution is 7.60. The maximum absolute atomic E-state index is 13.6. The minimum atomic E-state index is -4.37. The molecule has 4 aromatic carbocycles. The van der Waals surface area contributed by atoms with Gasteiger partial charge in [-0.25, -0.2) is 4.39 Å². The summed E-state index contributed by atoms with van der Waals surface area (Å²) in [5.41, 5.74) is 3.05. The Balaban J connectivity index is 1.43. The number of rotatable bonds is 8. The van der Waals surface area contributed by atoms with Gasteiger partial charge < -0.3 is 24.9 Å². The Bertz CT molecular complexity index is 1520. The molecular formula is C30H27FNO6P. The summed E-state index contributed by atoms with van der Waals surface area (Å²) in [4.78, 5) is 33.5. The Labute approximate surface area is 225 Å². The summed E-state index contributed by atoms with van der Waals surface area (Å²) in [6, 6.07) is 25.1. The smallest absolute Gasteiger partial charge is 0.356 e. The van der Waals surface area contributed by atoms with Gasteiger partial charge >= 0.3 is 7.60 Å². The molecule has 0 aliphatic carbocycles. The SMILES string of the molecule is O=C1[C@H](CC[C@H](O)c2ccccc2)[C@@H](c2ccc(-c3ccc(P(=O)(O)O)cc3)cc2O)N1c1ccc(F)cc1. The van der Waals surface area contributed by atoms with E-state index < -0.39 is 31.5 Å². The van der Waals surface area contributed by atoms with Crippen LogP contribution in [0.1, 0.15) is 36.1 Å². The number of amides is 1. The number of aromatic hydroxyl groups is 1. The van der Waals surface area contributed by atoms with E-state index in [2.05, 4.69) is 0 Å². The van der Waals surface area contributed by atoms with Crippen LogP contribution >= 0.6 is 7.60 Å². The normalized spacial score (nSPS) is 18.1. The molecule has 1 amide bonds. The lowest BCUT2D eigenvalue weighted by Crippen LogP contribution is -2.55. The Kier molecular flexibility index (Phi) is 7.38. The third kappa shape index (κ3) is 5.51. The van der Waals surface area contributed by atoms with Crippen molar-refractivity contribution >= 4 is 24.5 Å². The van der Waals surface area contributed by atoms with Crippen molar-refractivity contribution in [1.29, 1.82) is 0 Å². The summed E-state index contributed by atoms with van der Waals surface area (Å²) < 4.78 is 25.1. The Morgan fingerprint density at radius 2 is 1.51 bits per heavy atom. The number of aliphatic hydroxyl groups is 1. The summed E-state index contributed by atoms with van der Waals surface area (Å²) in [7, 11) is -4.37. The third-order valence-electron chi connectivity index (χ3n) is 7.14. The molecule has 0 aromatic heterocycles. The summed E-state index contributed by atoms with van der Waals surface area (Å²) in [6.07, 6.45) is -0.0204. The van der Waals surface area contributed by atoms with Gasteiger partial charge in [0.1, 0.15) is 11.6 Å². The number of nitrogens with zero attached hydrogens (tertiary/aromatic N) is 1. The number of halogens is 1. The molecule has 9 heteroatoms. The van der Waals surface area contributed by atoms with Gasteiger partial charge in [-0.15, -0.1) is 0 Å². The van der Waals surface area contributed by atoms with Gasteiger partial charge in [-0.1, -0.05) is 54.6 Å². The highest BCUT2D eigenvalue weighted by Gasteiger charge is 2.49. The topological polar surface area (TPSA) is 118 Å². The largest absolute Gasteiger partial charge is 0.508 e. The maximum Gasteiger partial charge on any atom is 0.356 e. The summed E-state index contributed by atoms with van der Waals surface area (Å²) >= 11 is 0. The van der Waals surface area contributed by atoms with Gasteiger partial charge in [0.15, 0.2) is 0 Å². The highest BCUT2D eigenvalue weighted by atomic mass is 31.2. The molecule has 39 heavy (non-hydrogen) atoms. The van der Waals surface area contributed by atoms with E-state index in [9.17, 15) is 33.7 Å². The first-order valence-electron chi connectivity index (χ1n) is 12.4. The molecule has 4 N–H and O–H groups in total. The van der Waals surface area contributed by atoms with Crippen LogP contribution in [0.2, 0.25) is 0 Å². The quantitative estimate of drug-likeness (QED) is 0.178. The van der Waals surface area contributed by atoms with Gasteiger partial charge in [0.05, 0.1) is 23.4 Å². The number of carbonyl (C=O) groups is 1. The molecule has 0 spiro atoms. The van der Waals surface area contributed by atoms with E-state index in [1.54, 1.807) is 30.3 Å². The predicted molar refractivity (Wildman–Crippen MR) is 146 cm³/mol. The van der Waals surface area contributed by atoms with Gasteiger partial charge in [0, 0.05) is 11.3 Å². The predicted octanol–water partition coefficient (Wildman–Crippen LogP) is 5.22. The van der Waals surface area contributed by atoms with E-state index in [1.165, 1.54) is 41.3 Å². The van der Waals surface area contributed by atoms with E-state index in [1.807, 2.05) is 30.3 Å². The van der Waals surface area contributed by atoms with Crippen molar-refractivity contribution in [3.05, 3.63) is 114 Å². The van der Waals surface area contributed by atoms with Gasteiger partial charge in [-0.2, -0.15) is 0 Å². The summed E-state index contributed by atoms with van der Waals surface area (Å²) in [6.45, 7) is 0. The van der Waals surface area contributed by atoms with Crippen molar-refractivity contribution in [1.82, 2.24) is 0 Å². The van der Waals surface area contributed by atoms with Gasteiger partial charge in [-0.05, 0) is 72.0 Å². The molecule has 200 valence electrons. The van der Waals surface area contributed by atoms with E-state index >= 15 is 0 Å². The number of β-lactam (4-membered cyclic amide) rings is 1. The summed E-state index contributed by atoms with van der Waals surface area (Å²) in [5, 5.41) is 21.6. The van der Waals surface area contributed by atoms with E-state index in [0.29, 0.717) is 35.2 Å². The highest BCUT2D eigenvalue weighted by Crippen LogP contribution is 2.49. The first-order chi connectivity index (χ1) is 18.6. The molecule has 5 rings (SSSR count). The number of hydrogen-bond donors (Lipinski definition) is 4. The third-order valence-corrected chi connectivity index (χ3v) is 8.11. The first-order valence-corrected chi connectivity index (χ1v) is 14.1. The van der Waals surface area contributed by atoms with E-state index in [0.717, 1.165) is 5.56 Å². The number of phenols is 1. The van der Waals surface area contributed by atoms with E-state index in [-0.39, 0.29) is 17.0 Å². The molecule has 0 unspecified atom stereocenters. The van der Waals surface area contributed by atoms with Gasteiger partial charge in [-0.3, -0.25) is 9.36 Å². The molecule has 1 fully saturated rings. The van der Waals surface area contributed by atoms with Crippen molar-refractivity contribution in [2.24, 2.45) is 5.92 Å². The zero-order valence-electron chi connectivity index (χ0n) is 20.8. The van der Waals surface area contributed by atoms with Crippen molar-refractivity contribution in [3.63, 3.8) is 0 Å². The van der Waals surface area contributed by atoms with Gasteiger partial charge in [0.25, 0.3) is 0 Å². The van der Waals surface area contributed by atoms with Crippen LogP contribution in [-0.2, 0) is 9.36 Å². The van der Waals surface area contributed by atoms with E-state index in [4.69, 9.17) is 0 Å². The molecule has 3 atom stereocenters. The second-order valence-corrected chi connectivity index (χ2v) is 11.2. The molecule has 0 bridgehead atoms. The number of anilines is 1. The van der Waals surface area contributed by atoms with Crippen LogP contribution in [0.3, 0.4) is 0 Å². The second-order valence-electron chi connectivity index (χ2n) is 9.60. The Hall–Kier alpha value is -3.81. The zero-order valence-corrected chi connectivity index (χ0v) is 21.7. The number of carbonyl (C=O) groups excluding carboxylic acids is 1. The van der Waals surface area contributed by atoms with Crippen LogP contribution in [0.4, 0.5) is 10.1 Å². The molecular weight excluding hydrogens is 520 g/mol. The Morgan fingerprint density at radius 1 is 0.872 bits per heavy atom. The van der Waals surface area contributed by atoms with Crippen LogP contribution in [0, 0.1) is 11.7 Å². The lowest BCUT2D eigenvalue weighted by molar-refractivity contribution is -0.131. The van der Waals surface area contributed by atoms with Crippen molar-refractivity contribution in [2.45, 2.75) is 25.0 Å². The lowest BCUT2D eigenvalue weighted by Gasteiger charge is -2.48. The molecule has 1 heterocycles. The fourth-order valence-electron chi connectivity index (χ4n) is 5.08. The average Bonchev–Trinajstić information content (AvgIpc) is 2.93. The number of phenolic OH excluding ortho intramolecular Hbond substituents is 1. The number of hydrogen-bond acceptors (Lipinski definition) is 4. The van der Waals surface area contributed by atoms with Crippen molar-refractivity contribution in [2.75, 3.05) is 4.90 Å². The van der Waals surface area contributed by atoms with Crippen molar-refractivity contribution < 1.29 is 33.7 Å². The molecule has 1 saturated heterocycles. The van der Waals surface area contributed by atoms with Crippen LogP contribution in [-0.4, -0.2) is 25.9 Å². The average molecular weight is 548 g/mol. The molecule has 0 radical (unpaired) electrons. The second kappa shape index (κ2) is 10.8. The number of benzene rings is 4. The van der Waals surface area contributed by atoms with Crippen LogP contribution in [0.25, 0.3) is 11.1 Å². The molecule has 1 aliphatic rings. The standard InChI is InChI=1S/C30H27FNO6P/c31-22-9-11-23(12-10-22)32-29(26(30(32)35)16-17-27(33)20-4-2-1-3-5-20)25-15-8-21(18-28(25)34)19-6-13-24(14-7-19)39(36,37)38/h1-15,18,26-27,29,33-34H,16-17H2,(H2,36,37,38)/t26-,27+,29-/m1/s1. The van der Waals surface area contributed by atoms with Crippen LogP contribution < -0.4 is 10.2 Å². The van der Waals surface area contributed by atoms with Gasteiger partial charge in [0.2, 0.25) is 5.91 Å². The fourth-order valence-corrected chi connectivity index (χ4v) is 5.61. The Morgan fingerprint density at radius 3 is 2.13 bits per heavy atom.